The molecule has 2 aromatic carbocycles. The Bertz CT molecular complexity index is 792. The molecule has 0 spiro atoms. The van der Waals surface area contributed by atoms with Crippen molar-refractivity contribution in [3.8, 4) is 0 Å². The van der Waals surface area contributed by atoms with Crippen molar-refractivity contribution >= 4 is 21.6 Å². The van der Waals surface area contributed by atoms with Gasteiger partial charge < -0.3 is 5.32 Å². The number of amides is 1. The number of rotatable bonds is 6. The summed E-state index contributed by atoms with van der Waals surface area (Å²) in [5.41, 5.74) is 1.10. The molecule has 0 radical (unpaired) electrons. The third-order valence-corrected chi connectivity index (χ3v) is 4.64. The molecule has 23 heavy (non-hydrogen) atoms. The van der Waals surface area contributed by atoms with Gasteiger partial charge in [-0.25, -0.2) is 17.5 Å². The fraction of sp³-hybridized carbons (Fsp3) is 0.188. The highest BCUT2D eigenvalue weighted by Gasteiger charge is 2.13. The molecule has 0 aliphatic carbocycles. The highest BCUT2D eigenvalue weighted by atomic mass is 32.2. The van der Waals surface area contributed by atoms with E-state index in [0.717, 1.165) is 0 Å². The number of benzene rings is 2. The minimum absolute atomic E-state index is 0.0245. The van der Waals surface area contributed by atoms with E-state index in [2.05, 4.69) is 10.0 Å². The van der Waals surface area contributed by atoms with E-state index in [9.17, 15) is 17.6 Å². The SMILES string of the molecule is Cc1cc(F)ccc1NC(=O)CCNS(=O)(=O)c1ccccc1. The van der Waals surface area contributed by atoms with E-state index in [1.807, 2.05) is 0 Å². The van der Waals surface area contributed by atoms with Crippen LogP contribution >= 0.6 is 0 Å². The number of halogens is 1. The fourth-order valence-electron chi connectivity index (χ4n) is 1.96. The molecule has 5 nitrogen and oxygen atoms in total. The van der Waals surface area contributed by atoms with Crippen LogP contribution in [0.3, 0.4) is 0 Å². The van der Waals surface area contributed by atoms with Crippen molar-refractivity contribution in [2.24, 2.45) is 0 Å². The second kappa shape index (κ2) is 7.34. The van der Waals surface area contributed by atoms with Crippen molar-refractivity contribution < 1.29 is 17.6 Å². The Morgan fingerprint density at radius 2 is 1.83 bits per heavy atom. The fourth-order valence-corrected chi connectivity index (χ4v) is 3.01. The number of hydrogen-bond acceptors (Lipinski definition) is 3. The van der Waals surface area contributed by atoms with Crippen LogP contribution in [0.1, 0.15) is 12.0 Å². The van der Waals surface area contributed by atoms with Crippen LogP contribution in [-0.4, -0.2) is 20.9 Å². The number of sulfonamides is 1. The number of aryl methyl sites for hydroxylation is 1. The number of carbonyl (C=O) groups excluding carboxylic acids is 1. The van der Waals surface area contributed by atoms with Crippen molar-refractivity contribution in [2.45, 2.75) is 18.2 Å². The summed E-state index contributed by atoms with van der Waals surface area (Å²) in [4.78, 5) is 12.0. The largest absolute Gasteiger partial charge is 0.326 e. The van der Waals surface area contributed by atoms with Crippen molar-refractivity contribution in [1.82, 2.24) is 4.72 Å². The Kier molecular flexibility index (Phi) is 5.46. The van der Waals surface area contributed by atoms with E-state index < -0.39 is 10.0 Å². The molecule has 2 aromatic rings. The van der Waals surface area contributed by atoms with E-state index >= 15 is 0 Å². The highest BCUT2D eigenvalue weighted by Crippen LogP contribution is 2.15. The number of nitrogens with one attached hydrogen (secondary N) is 2. The van der Waals surface area contributed by atoms with Gasteiger partial charge in [-0.1, -0.05) is 18.2 Å². The lowest BCUT2D eigenvalue weighted by molar-refractivity contribution is -0.116. The minimum atomic E-state index is -3.62. The molecule has 2 rings (SSSR count). The summed E-state index contributed by atoms with van der Waals surface area (Å²) in [5, 5.41) is 2.62. The lowest BCUT2D eigenvalue weighted by Crippen LogP contribution is -2.27. The molecule has 0 atom stereocenters. The molecule has 7 heteroatoms. The minimum Gasteiger partial charge on any atom is -0.326 e. The van der Waals surface area contributed by atoms with E-state index in [1.165, 1.54) is 30.3 Å². The Labute approximate surface area is 134 Å². The summed E-state index contributed by atoms with van der Waals surface area (Å²) < 4.78 is 39.3. The monoisotopic (exact) mass is 336 g/mol. The quantitative estimate of drug-likeness (QED) is 0.851. The summed E-state index contributed by atoms with van der Waals surface area (Å²) in [5.74, 6) is -0.730. The first kappa shape index (κ1) is 17.1. The van der Waals surface area contributed by atoms with Gasteiger partial charge in [0.15, 0.2) is 0 Å². The van der Waals surface area contributed by atoms with Gasteiger partial charge in [-0.05, 0) is 42.8 Å². The zero-order valence-corrected chi connectivity index (χ0v) is 13.4. The van der Waals surface area contributed by atoms with E-state index in [1.54, 1.807) is 25.1 Å². The van der Waals surface area contributed by atoms with E-state index in [4.69, 9.17) is 0 Å². The Balaban J connectivity index is 1.88. The van der Waals surface area contributed by atoms with Crippen LogP contribution in [0.4, 0.5) is 10.1 Å². The molecule has 0 saturated heterocycles. The number of hydrogen-bond donors (Lipinski definition) is 2. The van der Waals surface area contributed by atoms with Gasteiger partial charge in [0.25, 0.3) is 0 Å². The maximum Gasteiger partial charge on any atom is 0.240 e. The van der Waals surface area contributed by atoms with Crippen molar-refractivity contribution in [3.05, 3.63) is 59.9 Å². The molecule has 0 aromatic heterocycles. The molecule has 122 valence electrons. The van der Waals surface area contributed by atoms with Gasteiger partial charge in [-0.15, -0.1) is 0 Å². The molecule has 2 N–H and O–H groups in total. The Hall–Kier alpha value is -2.25. The predicted molar refractivity (Wildman–Crippen MR) is 86.0 cm³/mol. The first-order valence-corrected chi connectivity index (χ1v) is 8.47. The van der Waals surface area contributed by atoms with Crippen LogP contribution < -0.4 is 10.0 Å². The molecule has 0 saturated carbocycles. The zero-order chi connectivity index (χ0) is 16.9. The van der Waals surface area contributed by atoms with Crippen LogP contribution in [0.5, 0.6) is 0 Å². The maximum atomic E-state index is 13.0. The Morgan fingerprint density at radius 3 is 2.48 bits per heavy atom. The van der Waals surface area contributed by atoms with Crippen molar-refractivity contribution in [3.63, 3.8) is 0 Å². The van der Waals surface area contributed by atoms with E-state index in [0.29, 0.717) is 11.3 Å². The summed E-state index contributed by atoms with van der Waals surface area (Å²) >= 11 is 0. The summed E-state index contributed by atoms with van der Waals surface area (Å²) in [6.07, 6.45) is -0.0249. The zero-order valence-electron chi connectivity index (χ0n) is 12.5. The van der Waals surface area contributed by atoms with Gasteiger partial charge in [0.05, 0.1) is 4.90 Å². The van der Waals surface area contributed by atoms with Gasteiger partial charge in [0.2, 0.25) is 15.9 Å². The van der Waals surface area contributed by atoms with Crippen LogP contribution in [0.15, 0.2) is 53.4 Å². The molecular formula is C16H17FN2O3S. The summed E-state index contributed by atoms with van der Waals surface area (Å²) in [7, 11) is -3.62. The average Bonchev–Trinajstić information content (AvgIpc) is 2.51. The lowest BCUT2D eigenvalue weighted by Gasteiger charge is -2.09. The molecule has 1 amide bonds. The normalized spacial score (nSPS) is 11.2. The van der Waals surface area contributed by atoms with E-state index in [-0.39, 0.29) is 29.6 Å². The van der Waals surface area contributed by atoms with Crippen LogP contribution in [0.2, 0.25) is 0 Å². The second-order valence-electron chi connectivity index (χ2n) is 4.97. The molecule has 0 aliphatic heterocycles. The van der Waals surface area contributed by atoms with Crippen molar-refractivity contribution in [2.75, 3.05) is 11.9 Å². The molecule has 0 heterocycles. The van der Waals surface area contributed by atoms with Crippen molar-refractivity contribution in [1.29, 1.82) is 0 Å². The van der Waals surface area contributed by atoms with Gasteiger partial charge in [-0.2, -0.15) is 0 Å². The first-order chi connectivity index (χ1) is 10.9. The molecular weight excluding hydrogens is 319 g/mol. The molecule has 0 fully saturated rings. The highest BCUT2D eigenvalue weighted by molar-refractivity contribution is 7.89. The van der Waals surface area contributed by atoms with Crippen LogP contribution in [-0.2, 0) is 14.8 Å². The lowest BCUT2D eigenvalue weighted by atomic mass is 10.2. The number of anilines is 1. The summed E-state index contributed by atoms with van der Waals surface area (Å²) in [6, 6.07) is 12.0. The molecule has 0 bridgehead atoms. The third kappa shape index (κ3) is 4.87. The second-order valence-corrected chi connectivity index (χ2v) is 6.74. The summed E-state index contributed by atoms with van der Waals surface area (Å²) in [6.45, 7) is 1.65. The van der Waals surface area contributed by atoms with Gasteiger partial charge in [0, 0.05) is 18.7 Å². The molecule has 0 unspecified atom stereocenters. The van der Waals surface area contributed by atoms with Gasteiger partial charge in [0.1, 0.15) is 5.82 Å². The molecule has 0 aliphatic rings. The van der Waals surface area contributed by atoms with Gasteiger partial charge >= 0.3 is 0 Å². The maximum absolute atomic E-state index is 13.0. The standard InChI is InChI=1S/C16H17FN2O3S/c1-12-11-13(17)7-8-15(12)19-16(20)9-10-18-23(21,22)14-5-3-2-4-6-14/h2-8,11,18H,9-10H2,1H3,(H,19,20). The van der Waals surface area contributed by atoms with Gasteiger partial charge in [-0.3, -0.25) is 4.79 Å². The number of carbonyl (C=O) groups is 1. The average molecular weight is 336 g/mol. The predicted octanol–water partition coefficient (Wildman–Crippen LogP) is 2.44. The third-order valence-electron chi connectivity index (χ3n) is 3.16. The smallest absolute Gasteiger partial charge is 0.240 e. The Morgan fingerprint density at radius 1 is 1.13 bits per heavy atom. The van der Waals surface area contributed by atoms with Crippen LogP contribution in [0, 0.1) is 12.7 Å². The topological polar surface area (TPSA) is 75.3 Å². The van der Waals surface area contributed by atoms with Crippen LogP contribution in [0.25, 0.3) is 0 Å². The first-order valence-electron chi connectivity index (χ1n) is 6.99.